The van der Waals surface area contributed by atoms with Gasteiger partial charge in [-0.1, -0.05) is 61.5 Å². The summed E-state index contributed by atoms with van der Waals surface area (Å²) < 4.78 is 0. The molecule has 204 valence electrons. The van der Waals surface area contributed by atoms with Crippen molar-refractivity contribution in [1.29, 1.82) is 0 Å². The molecule has 0 bridgehead atoms. The van der Waals surface area contributed by atoms with Crippen molar-refractivity contribution in [2.24, 2.45) is 5.73 Å². The third-order valence-electron chi connectivity index (χ3n) is 3.82. The molecular weight excluding hydrogens is 602 g/mol. The summed E-state index contributed by atoms with van der Waals surface area (Å²) in [6, 6.07) is 0.324. The van der Waals surface area contributed by atoms with Gasteiger partial charge in [0.1, 0.15) is 0 Å². The van der Waals surface area contributed by atoms with Crippen molar-refractivity contribution in [2.45, 2.75) is 64.5 Å². The van der Waals surface area contributed by atoms with Gasteiger partial charge in [-0.25, -0.2) is 4.98 Å². The Morgan fingerprint density at radius 1 is 0.714 bits per heavy atom. The Balaban J connectivity index is -0.000000463. The summed E-state index contributed by atoms with van der Waals surface area (Å²) >= 11 is 27.5. The van der Waals surface area contributed by atoms with E-state index in [1.807, 2.05) is 0 Å². The average Bonchev–Trinajstić information content (AvgIpc) is 2.75. The summed E-state index contributed by atoms with van der Waals surface area (Å²) in [7, 11) is 0. The third kappa shape index (κ3) is 19.6. The van der Waals surface area contributed by atoms with Crippen molar-refractivity contribution < 1.29 is 10.2 Å². The Bertz CT molecular complexity index is 793. The molecule has 0 aliphatic carbocycles. The SMILES string of the molecule is CCC[C@@H](CCO)Nc1nc(Cl)nnc1Cl.CCC[C@H](N)CCO.Clc1nnc(Cl)c(Cl)n1.S.S. The van der Waals surface area contributed by atoms with Crippen molar-refractivity contribution in [3.05, 3.63) is 26.0 Å². The molecule has 35 heavy (non-hydrogen) atoms. The Hall–Kier alpha value is -0.150. The minimum absolute atomic E-state index is 0. The molecule has 0 unspecified atom stereocenters. The molecule has 0 radical (unpaired) electrons. The first-order valence-corrected chi connectivity index (χ1v) is 12.1. The molecule has 0 fully saturated rings. The summed E-state index contributed by atoms with van der Waals surface area (Å²) in [5.74, 6) is 0.411. The van der Waals surface area contributed by atoms with Crippen LogP contribution in [0.2, 0.25) is 26.0 Å². The highest BCUT2D eigenvalue weighted by Gasteiger charge is 2.12. The van der Waals surface area contributed by atoms with Gasteiger partial charge in [0.15, 0.2) is 21.3 Å². The predicted molar refractivity (Wildman–Crippen MR) is 154 cm³/mol. The van der Waals surface area contributed by atoms with Crippen LogP contribution in [0.15, 0.2) is 0 Å². The van der Waals surface area contributed by atoms with Gasteiger partial charge in [0, 0.05) is 25.3 Å². The lowest BCUT2D eigenvalue weighted by atomic mass is 10.1. The molecular formula is C18H33Cl5N8O2S2. The molecule has 2 aromatic rings. The van der Waals surface area contributed by atoms with E-state index in [1.165, 1.54) is 0 Å². The van der Waals surface area contributed by atoms with Crippen molar-refractivity contribution in [1.82, 2.24) is 30.4 Å². The van der Waals surface area contributed by atoms with Crippen molar-refractivity contribution >= 4 is 90.8 Å². The van der Waals surface area contributed by atoms with Gasteiger partial charge in [0.05, 0.1) is 0 Å². The molecule has 0 spiro atoms. The molecule has 0 aromatic carbocycles. The molecule has 0 aliphatic heterocycles. The van der Waals surface area contributed by atoms with Crippen LogP contribution in [0.4, 0.5) is 5.82 Å². The second kappa shape index (κ2) is 24.2. The van der Waals surface area contributed by atoms with E-state index in [4.69, 9.17) is 74.0 Å². The molecule has 2 atom stereocenters. The van der Waals surface area contributed by atoms with Crippen LogP contribution < -0.4 is 11.1 Å². The van der Waals surface area contributed by atoms with Gasteiger partial charge < -0.3 is 21.3 Å². The summed E-state index contributed by atoms with van der Waals surface area (Å²) in [5.41, 5.74) is 5.53. The van der Waals surface area contributed by atoms with E-state index in [0.29, 0.717) is 12.2 Å². The zero-order valence-electron chi connectivity index (χ0n) is 19.4. The molecule has 0 saturated carbocycles. The van der Waals surface area contributed by atoms with E-state index in [-0.39, 0.29) is 78.3 Å². The van der Waals surface area contributed by atoms with Gasteiger partial charge in [0.2, 0.25) is 10.6 Å². The third-order valence-corrected chi connectivity index (χ3v) is 5.01. The number of halogens is 5. The van der Waals surface area contributed by atoms with Gasteiger partial charge in [-0.05, 0) is 48.9 Å². The zero-order chi connectivity index (χ0) is 25.2. The molecule has 0 saturated heterocycles. The average molecular weight is 635 g/mol. The normalized spacial score (nSPS) is 11.4. The van der Waals surface area contributed by atoms with Crippen LogP contribution >= 0.6 is 85.0 Å². The molecule has 5 N–H and O–H groups in total. The van der Waals surface area contributed by atoms with E-state index in [0.717, 1.165) is 32.1 Å². The summed E-state index contributed by atoms with van der Waals surface area (Å²) in [6.45, 7) is 4.50. The maximum absolute atomic E-state index is 8.92. The predicted octanol–water partition coefficient (Wildman–Crippen LogP) is 4.70. The largest absolute Gasteiger partial charge is 0.396 e. The fraction of sp³-hybridized carbons (Fsp3) is 0.667. The monoisotopic (exact) mass is 632 g/mol. The maximum Gasteiger partial charge on any atom is 0.245 e. The topological polar surface area (TPSA) is 156 Å². The number of nitrogens with zero attached hydrogens (tertiary/aromatic N) is 6. The Morgan fingerprint density at radius 2 is 1.23 bits per heavy atom. The molecule has 0 amide bonds. The van der Waals surface area contributed by atoms with E-state index < -0.39 is 0 Å². The first-order valence-electron chi connectivity index (χ1n) is 10.2. The number of aromatic nitrogens is 6. The number of hydrogen-bond acceptors (Lipinski definition) is 10. The van der Waals surface area contributed by atoms with Gasteiger partial charge in [-0.3, -0.25) is 0 Å². The number of hydrogen-bond donors (Lipinski definition) is 4. The minimum Gasteiger partial charge on any atom is -0.396 e. The number of aliphatic hydroxyl groups excluding tert-OH is 2. The van der Waals surface area contributed by atoms with Crippen LogP contribution in [-0.2, 0) is 0 Å². The van der Waals surface area contributed by atoms with E-state index in [1.54, 1.807) is 0 Å². The molecule has 10 nitrogen and oxygen atoms in total. The maximum atomic E-state index is 8.92. The minimum atomic E-state index is -0.00981. The first-order chi connectivity index (χ1) is 15.7. The number of anilines is 1. The number of nitrogens with one attached hydrogen (secondary N) is 1. The molecule has 17 heteroatoms. The van der Waals surface area contributed by atoms with Crippen LogP contribution in [0, 0.1) is 0 Å². The first kappa shape index (κ1) is 39.4. The Morgan fingerprint density at radius 3 is 1.69 bits per heavy atom. The van der Waals surface area contributed by atoms with Gasteiger partial charge in [-0.15, -0.1) is 20.4 Å². The molecule has 2 aromatic heterocycles. The number of nitrogens with two attached hydrogens (primary N) is 1. The van der Waals surface area contributed by atoms with Crippen LogP contribution in [0.5, 0.6) is 0 Å². The van der Waals surface area contributed by atoms with E-state index in [9.17, 15) is 0 Å². The smallest absolute Gasteiger partial charge is 0.245 e. The fourth-order valence-corrected chi connectivity index (χ4v) is 2.95. The van der Waals surface area contributed by atoms with Crippen LogP contribution in [0.3, 0.4) is 0 Å². The quantitative estimate of drug-likeness (QED) is 0.289. The van der Waals surface area contributed by atoms with Gasteiger partial charge in [0.25, 0.3) is 0 Å². The van der Waals surface area contributed by atoms with Crippen molar-refractivity contribution in [2.75, 3.05) is 18.5 Å². The Kier molecular flexibility index (Phi) is 27.2. The second-order valence-electron chi connectivity index (χ2n) is 6.59. The summed E-state index contributed by atoms with van der Waals surface area (Å²) in [5, 5.41) is 34.6. The summed E-state index contributed by atoms with van der Waals surface area (Å²) in [6.07, 6.45) is 5.43. The van der Waals surface area contributed by atoms with Gasteiger partial charge in [-0.2, -0.15) is 32.0 Å². The Labute approximate surface area is 245 Å². The van der Waals surface area contributed by atoms with Gasteiger partial charge >= 0.3 is 0 Å². The fourth-order valence-electron chi connectivity index (χ4n) is 2.33. The molecule has 2 rings (SSSR count). The molecule has 0 aliphatic rings. The highest BCUT2D eigenvalue weighted by Crippen LogP contribution is 2.19. The van der Waals surface area contributed by atoms with E-state index in [2.05, 4.69) is 49.5 Å². The van der Waals surface area contributed by atoms with Crippen molar-refractivity contribution in [3.8, 4) is 0 Å². The zero-order valence-corrected chi connectivity index (χ0v) is 25.1. The van der Waals surface area contributed by atoms with Crippen LogP contribution in [0.25, 0.3) is 0 Å². The number of rotatable bonds is 10. The summed E-state index contributed by atoms with van der Waals surface area (Å²) in [4.78, 5) is 7.44. The standard InChI is InChI=1S/C9H14Cl2N4O.C6H15NO.C3Cl3N3.2H2S/c1-2-3-6(4-5-16)12-8-7(10)14-15-9(11)13-8;1-2-3-6(7)4-5-8;4-1-2(5)8-9-3(6)7-1;;/h6,16H,2-5H2,1H3,(H,12,13,15);6,8H,2-5,7H2,1H3;;2*1H2/t2*6-;;;/m00.../s1. The lowest BCUT2D eigenvalue weighted by Gasteiger charge is -2.17. The lowest BCUT2D eigenvalue weighted by Crippen LogP contribution is -2.22. The number of aliphatic hydroxyl groups is 2. The van der Waals surface area contributed by atoms with E-state index >= 15 is 0 Å². The van der Waals surface area contributed by atoms with Crippen molar-refractivity contribution in [3.63, 3.8) is 0 Å². The van der Waals surface area contributed by atoms with Crippen LogP contribution in [-0.4, -0.2) is 65.9 Å². The highest BCUT2D eigenvalue weighted by molar-refractivity contribution is 7.59. The lowest BCUT2D eigenvalue weighted by molar-refractivity contribution is 0.273. The van der Waals surface area contributed by atoms with Crippen LogP contribution in [0.1, 0.15) is 52.4 Å². The molecule has 2 heterocycles. The second-order valence-corrected chi connectivity index (χ2v) is 8.34. The highest BCUT2D eigenvalue weighted by atomic mass is 35.5.